The standard InChI is InChI=1S/C17H25N3O2/c1-12-7-5-8-13(2)20(12)17(22)16(21)18-14-9-6-10-15(11-14)19(3)4/h6,9-13H,5,7-8H2,1-4H3,(H,18,21). The van der Waals surface area contributed by atoms with Crippen LogP contribution in [0.2, 0.25) is 0 Å². The van der Waals surface area contributed by atoms with Gasteiger partial charge in [0.1, 0.15) is 0 Å². The number of hydrogen-bond acceptors (Lipinski definition) is 3. The summed E-state index contributed by atoms with van der Waals surface area (Å²) in [6.07, 6.45) is 3.03. The molecule has 0 bridgehead atoms. The third kappa shape index (κ3) is 3.59. The van der Waals surface area contributed by atoms with Crippen molar-refractivity contribution < 1.29 is 9.59 Å². The lowest BCUT2D eigenvalue weighted by Crippen LogP contribution is -2.51. The van der Waals surface area contributed by atoms with E-state index in [-0.39, 0.29) is 12.1 Å². The zero-order valence-corrected chi connectivity index (χ0v) is 13.8. The molecule has 0 aromatic heterocycles. The quantitative estimate of drug-likeness (QED) is 0.854. The molecule has 1 aliphatic rings. The fourth-order valence-electron chi connectivity index (χ4n) is 2.99. The SMILES string of the molecule is CC1CCCC(C)N1C(=O)C(=O)Nc1cccc(N(C)C)c1. The van der Waals surface area contributed by atoms with Crippen LogP contribution in [0.5, 0.6) is 0 Å². The van der Waals surface area contributed by atoms with Crippen LogP contribution in [0.15, 0.2) is 24.3 Å². The van der Waals surface area contributed by atoms with E-state index in [9.17, 15) is 9.59 Å². The van der Waals surface area contributed by atoms with Crippen molar-refractivity contribution in [2.24, 2.45) is 0 Å². The first kappa shape index (κ1) is 16.3. The molecular weight excluding hydrogens is 278 g/mol. The van der Waals surface area contributed by atoms with Crippen molar-refractivity contribution in [1.82, 2.24) is 4.90 Å². The zero-order chi connectivity index (χ0) is 16.3. The van der Waals surface area contributed by atoms with Crippen LogP contribution in [0.25, 0.3) is 0 Å². The van der Waals surface area contributed by atoms with Crippen molar-refractivity contribution in [3.63, 3.8) is 0 Å². The van der Waals surface area contributed by atoms with Gasteiger partial charge in [-0.05, 0) is 51.3 Å². The van der Waals surface area contributed by atoms with Crippen molar-refractivity contribution in [2.45, 2.75) is 45.2 Å². The summed E-state index contributed by atoms with van der Waals surface area (Å²) in [4.78, 5) is 28.4. The number of nitrogens with zero attached hydrogens (tertiary/aromatic N) is 2. The maximum absolute atomic E-state index is 12.4. The molecule has 0 radical (unpaired) electrons. The van der Waals surface area contributed by atoms with E-state index >= 15 is 0 Å². The van der Waals surface area contributed by atoms with Gasteiger partial charge in [-0.2, -0.15) is 0 Å². The molecule has 0 aliphatic carbocycles. The van der Waals surface area contributed by atoms with Gasteiger partial charge in [-0.1, -0.05) is 6.07 Å². The predicted molar refractivity (Wildman–Crippen MR) is 89.0 cm³/mol. The van der Waals surface area contributed by atoms with Crippen molar-refractivity contribution in [3.8, 4) is 0 Å². The van der Waals surface area contributed by atoms with Gasteiger partial charge < -0.3 is 15.1 Å². The zero-order valence-electron chi connectivity index (χ0n) is 13.8. The third-order valence-corrected chi connectivity index (χ3v) is 4.24. The van der Waals surface area contributed by atoms with Crippen LogP contribution in [0.4, 0.5) is 11.4 Å². The molecule has 5 nitrogen and oxygen atoms in total. The van der Waals surface area contributed by atoms with E-state index in [0.717, 1.165) is 24.9 Å². The minimum Gasteiger partial charge on any atom is -0.378 e. The molecule has 1 saturated heterocycles. The Morgan fingerprint density at radius 3 is 2.41 bits per heavy atom. The summed E-state index contributed by atoms with van der Waals surface area (Å²) in [7, 11) is 3.87. The van der Waals surface area contributed by atoms with E-state index in [0.29, 0.717) is 5.69 Å². The molecule has 1 N–H and O–H groups in total. The second kappa shape index (κ2) is 6.81. The Kier molecular flexibility index (Phi) is 5.06. The molecule has 1 fully saturated rings. The highest BCUT2D eigenvalue weighted by Crippen LogP contribution is 2.23. The molecule has 0 spiro atoms. The lowest BCUT2D eigenvalue weighted by molar-refractivity contribution is -0.147. The Labute approximate surface area is 132 Å². The number of benzene rings is 1. The monoisotopic (exact) mass is 303 g/mol. The van der Waals surface area contributed by atoms with E-state index in [1.165, 1.54) is 0 Å². The highest BCUT2D eigenvalue weighted by atomic mass is 16.2. The number of carbonyl (C=O) groups excluding carboxylic acids is 2. The number of nitrogens with one attached hydrogen (secondary N) is 1. The van der Waals surface area contributed by atoms with E-state index in [1.807, 2.05) is 51.0 Å². The maximum atomic E-state index is 12.4. The number of rotatable bonds is 2. The molecule has 22 heavy (non-hydrogen) atoms. The van der Waals surface area contributed by atoms with Gasteiger partial charge in [0.25, 0.3) is 0 Å². The average Bonchev–Trinajstić information content (AvgIpc) is 2.47. The molecule has 1 heterocycles. The number of likely N-dealkylation sites (tertiary alicyclic amines) is 1. The van der Waals surface area contributed by atoms with Crippen LogP contribution in [0, 0.1) is 0 Å². The van der Waals surface area contributed by atoms with Crippen molar-refractivity contribution in [1.29, 1.82) is 0 Å². The molecule has 1 aromatic carbocycles. The molecule has 120 valence electrons. The minimum atomic E-state index is -0.559. The molecule has 2 atom stereocenters. The first-order valence-corrected chi connectivity index (χ1v) is 7.81. The lowest BCUT2D eigenvalue weighted by atomic mass is 9.97. The average molecular weight is 303 g/mol. The Morgan fingerprint density at radius 2 is 1.82 bits per heavy atom. The van der Waals surface area contributed by atoms with Crippen molar-refractivity contribution in [3.05, 3.63) is 24.3 Å². The normalized spacial score (nSPS) is 21.4. The van der Waals surface area contributed by atoms with Gasteiger partial charge in [-0.25, -0.2) is 0 Å². The summed E-state index contributed by atoms with van der Waals surface area (Å²) in [5.41, 5.74) is 1.62. The number of piperidine rings is 1. The summed E-state index contributed by atoms with van der Waals surface area (Å²) in [6, 6.07) is 7.70. The number of carbonyl (C=O) groups is 2. The van der Waals surface area contributed by atoms with Crippen molar-refractivity contribution in [2.75, 3.05) is 24.3 Å². The Hall–Kier alpha value is -2.04. The van der Waals surface area contributed by atoms with E-state index in [2.05, 4.69) is 5.32 Å². The molecule has 2 rings (SSSR count). The van der Waals surface area contributed by atoms with E-state index in [4.69, 9.17) is 0 Å². The third-order valence-electron chi connectivity index (χ3n) is 4.24. The fourth-order valence-corrected chi connectivity index (χ4v) is 2.99. The van der Waals surface area contributed by atoms with E-state index in [1.54, 1.807) is 11.0 Å². The first-order chi connectivity index (χ1) is 10.4. The fraction of sp³-hybridized carbons (Fsp3) is 0.529. The number of anilines is 2. The van der Waals surface area contributed by atoms with Gasteiger partial charge in [0.15, 0.2) is 0 Å². The number of amides is 2. The first-order valence-electron chi connectivity index (χ1n) is 7.81. The van der Waals surface area contributed by atoms with Gasteiger partial charge in [-0.15, -0.1) is 0 Å². The Morgan fingerprint density at radius 1 is 1.18 bits per heavy atom. The van der Waals surface area contributed by atoms with Gasteiger partial charge in [0.05, 0.1) is 0 Å². The molecule has 1 aliphatic heterocycles. The molecule has 2 unspecified atom stereocenters. The molecule has 2 amide bonds. The van der Waals surface area contributed by atoms with Crippen LogP contribution in [-0.4, -0.2) is 42.9 Å². The lowest BCUT2D eigenvalue weighted by Gasteiger charge is -2.38. The Balaban J connectivity index is 2.08. The second-order valence-electron chi connectivity index (χ2n) is 6.24. The number of hydrogen-bond donors (Lipinski definition) is 1. The topological polar surface area (TPSA) is 52.7 Å². The largest absolute Gasteiger partial charge is 0.378 e. The molecule has 0 saturated carbocycles. The van der Waals surface area contributed by atoms with Crippen LogP contribution < -0.4 is 10.2 Å². The molecule has 5 heteroatoms. The van der Waals surface area contributed by atoms with Crippen LogP contribution in [-0.2, 0) is 9.59 Å². The summed E-state index contributed by atoms with van der Waals surface area (Å²) < 4.78 is 0. The maximum Gasteiger partial charge on any atom is 0.313 e. The van der Waals surface area contributed by atoms with Crippen molar-refractivity contribution >= 4 is 23.2 Å². The van der Waals surface area contributed by atoms with Crippen LogP contribution in [0.1, 0.15) is 33.1 Å². The van der Waals surface area contributed by atoms with Crippen LogP contribution >= 0.6 is 0 Å². The highest BCUT2D eigenvalue weighted by Gasteiger charge is 2.32. The molecular formula is C17H25N3O2. The summed E-state index contributed by atoms with van der Waals surface area (Å²) in [6.45, 7) is 4.01. The highest BCUT2D eigenvalue weighted by molar-refractivity contribution is 6.39. The van der Waals surface area contributed by atoms with Gasteiger partial charge in [0, 0.05) is 37.6 Å². The predicted octanol–water partition coefficient (Wildman–Crippen LogP) is 2.48. The summed E-state index contributed by atoms with van der Waals surface area (Å²) >= 11 is 0. The summed E-state index contributed by atoms with van der Waals surface area (Å²) in [5.74, 6) is -0.994. The van der Waals surface area contributed by atoms with Crippen LogP contribution in [0.3, 0.4) is 0 Å². The van der Waals surface area contributed by atoms with E-state index < -0.39 is 11.8 Å². The van der Waals surface area contributed by atoms with Gasteiger partial charge in [0.2, 0.25) is 0 Å². The van der Waals surface area contributed by atoms with Gasteiger partial charge in [-0.3, -0.25) is 9.59 Å². The minimum absolute atomic E-state index is 0.120. The smallest absolute Gasteiger partial charge is 0.313 e. The van der Waals surface area contributed by atoms with Gasteiger partial charge >= 0.3 is 11.8 Å². The second-order valence-corrected chi connectivity index (χ2v) is 6.24. The molecule has 1 aromatic rings. The Bertz CT molecular complexity index is 547. The summed E-state index contributed by atoms with van der Waals surface area (Å²) in [5, 5.41) is 2.72.